The van der Waals surface area contributed by atoms with Crippen LogP contribution in [0.1, 0.15) is 21.6 Å². The van der Waals surface area contributed by atoms with Gasteiger partial charge < -0.3 is 5.32 Å². The van der Waals surface area contributed by atoms with Crippen LogP contribution in [0.25, 0.3) is 0 Å². The molecule has 0 radical (unpaired) electrons. The molecule has 20 heavy (non-hydrogen) atoms. The Bertz CT molecular complexity index is 646. The van der Waals surface area contributed by atoms with Gasteiger partial charge in [0, 0.05) is 11.3 Å². The monoisotopic (exact) mass is 269 g/mol. The number of hydrogen-bond donors (Lipinski definition) is 1. The summed E-state index contributed by atoms with van der Waals surface area (Å²) in [5.74, 6) is -0.213. The van der Waals surface area contributed by atoms with Gasteiger partial charge >= 0.3 is 0 Å². The maximum Gasteiger partial charge on any atom is 0.255 e. The molecule has 0 aliphatic rings. The molecule has 0 saturated heterocycles. The second-order valence-electron chi connectivity index (χ2n) is 4.35. The Kier molecular flexibility index (Phi) is 4.44. The van der Waals surface area contributed by atoms with Crippen LogP contribution >= 0.6 is 0 Å². The van der Waals surface area contributed by atoms with Gasteiger partial charge in [0.25, 0.3) is 5.91 Å². The molecule has 2 aromatic rings. The standard InChI is InChI=1S/C15H15N3O2/c1-11-5-7-14(8-6-11)17-15(19)13-4-3-9-16-20-18-12(2)10-13/h3-10H,1-2H3,(H,17,19). The third-order valence-corrected chi connectivity index (χ3v) is 2.59. The van der Waals surface area contributed by atoms with E-state index >= 15 is 0 Å². The number of aryl methyl sites for hydroxylation is 2. The van der Waals surface area contributed by atoms with Crippen LogP contribution in [0.2, 0.25) is 0 Å². The van der Waals surface area contributed by atoms with Gasteiger partial charge in [0.15, 0.2) is 0 Å². The predicted molar refractivity (Wildman–Crippen MR) is 75.8 cm³/mol. The second kappa shape index (κ2) is 6.47. The van der Waals surface area contributed by atoms with E-state index in [0.29, 0.717) is 11.3 Å². The average molecular weight is 269 g/mol. The number of anilines is 1. The van der Waals surface area contributed by atoms with E-state index in [1.807, 2.05) is 31.2 Å². The van der Waals surface area contributed by atoms with E-state index in [1.54, 1.807) is 25.1 Å². The molecule has 0 atom stereocenters. The van der Waals surface area contributed by atoms with Crippen LogP contribution in [-0.4, -0.2) is 16.2 Å². The Morgan fingerprint density at radius 1 is 1.15 bits per heavy atom. The highest BCUT2D eigenvalue weighted by molar-refractivity contribution is 6.04. The molecule has 1 heterocycles. The lowest BCUT2D eigenvalue weighted by atomic mass is 10.2. The van der Waals surface area contributed by atoms with E-state index in [4.69, 9.17) is 0 Å². The van der Waals surface area contributed by atoms with Crippen molar-refractivity contribution in [2.75, 3.05) is 5.32 Å². The van der Waals surface area contributed by atoms with E-state index in [-0.39, 0.29) is 5.91 Å². The van der Waals surface area contributed by atoms with Gasteiger partial charge in [-0.05, 0) is 44.2 Å². The second-order valence-corrected chi connectivity index (χ2v) is 4.35. The van der Waals surface area contributed by atoms with Crippen molar-refractivity contribution in [2.45, 2.75) is 13.8 Å². The number of nitrogens with zero attached hydrogens (tertiary/aromatic N) is 2. The Hall–Kier alpha value is -2.69. The van der Waals surface area contributed by atoms with Crippen LogP contribution in [-0.2, 0) is 0 Å². The van der Waals surface area contributed by atoms with E-state index < -0.39 is 0 Å². The Morgan fingerprint density at radius 2 is 1.90 bits per heavy atom. The third-order valence-electron chi connectivity index (χ3n) is 2.59. The van der Waals surface area contributed by atoms with Crippen molar-refractivity contribution in [3.05, 3.63) is 65.5 Å². The van der Waals surface area contributed by atoms with Crippen molar-refractivity contribution < 1.29 is 9.42 Å². The molecular formula is C15H15N3O2. The molecular weight excluding hydrogens is 254 g/mol. The zero-order chi connectivity index (χ0) is 14.4. The molecule has 2 rings (SSSR count). The van der Waals surface area contributed by atoms with E-state index in [9.17, 15) is 4.79 Å². The molecule has 0 aliphatic heterocycles. The summed E-state index contributed by atoms with van der Waals surface area (Å²) < 4.78 is 4.66. The van der Waals surface area contributed by atoms with Crippen LogP contribution < -0.4 is 5.32 Å². The highest BCUT2D eigenvalue weighted by Gasteiger charge is 2.05. The highest BCUT2D eigenvalue weighted by atomic mass is 16.6. The summed E-state index contributed by atoms with van der Waals surface area (Å²) in [5.41, 5.74) is 2.92. The summed E-state index contributed by atoms with van der Waals surface area (Å²) in [4.78, 5) is 12.2. The SMILES string of the molecule is Cc1ccc(NC(=O)c2cccnonc(C)c2)cc1. The van der Waals surface area contributed by atoms with Crippen molar-refractivity contribution in [3.8, 4) is 0 Å². The van der Waals surface area contributed by atoms with Crippen molar-refractivity contribution >= 4 is 11.6 Å². The summed E-state index contributed by atoms with van der Waals surface area (Å²) >= 11 is 0. The molecule has 5 heteroatoms. The fourth-order valence-corrected chi connectivity index (χ4v) is 1.58. The van der Waals surface area contributed by atoms with Gasteiger partial charge in [-0.15, -0.1) is 0 Å². The number of hydrogen-bond acceptors (Lipinski definition) is 4. The van der Waals surface area contributed by atoms with Gasteiger partial charge in [-0.3, -0.25) is 4.79 Å². The summed E-state index contributed by atoms with van der Waals surface area (Å²) in [7, 11) is 0. The third kappa shape index (κ3) is 3.91. The summed E-state index contributed by atoms with van der Waals surface area (Å²) in [6.07, 6.45) is 1.43. The molecule has 102 valence electrons. The number of rotatable bonds is 2. The fourth-order valence-electron chi connectivity index (χ4n) is 1.58. The highest BCUT2D eigenvalue weighted by Crippen LogP contribution is 2.10. The first-order chi connectivity index (χ1) is 9.65. The molecule has 1 aromatic carbocycles. The lowest BCUT2D eigenvalue weighted by molar-refractivity contribution is 0.102. The average Bonchev–Trinajstić information content (AvgIpc) is 2.53. The summed E-state index contributed by atoms with van der Waals surface area (Å²) in [6.45, 7) is 3.72. The largest absolute Gasteiger partial charge is 0.322 e. The number of nitrogens with one attached hydrogen (secondary N) is 1. The number of carbonyl (C=O) groups excluding carboxylic acids is 1. The van der Waals surface area contributed by atoms with Gasteiger partial charge in [0.1, 0.15) is 0 Å². The van der Waals surface area contributed by atoms with Gasteiger partial charge in [-0.1, -0.05) is 28.0 Å². The first kappa shape index (κ1) is 13.7. The van der Waals surface area contributed by atoms with Gasteiger partial charge in [0.05, 0.1) is 11.9 Å². The quantitative estimate of drug-likeness (QED) is 0.909. The maximum absolute atomic E-state index is 12.2. The molecule has 0 spiro atoms. The molecule has 0 fully saturated rings. The summed E-state index contributed by atoms with van der Waals surface area (Å²) in [6, 6.07) is 12.5. The van der Waals surface area contributed by atoms with Crippen LogP contribution in [0.4, 0.5) is 5.69 Å². The zero-order valence-corrected chi connectivity index (χ0v) is 11.3. The van der Waals surface area contributed by atoms with Crippen LogP contribution in [0.3, 0.4) is 0 Å². The Balaban J connectivity index is 2.27. The number of carbonyl (C=O) groups is 1. The molecule has 0 unspecified atom stereocenters. The van der Waals surface area contributed by atoms with Gasteiger partial charge in [0.2, 0.25) is 0 Å². The fraction of sp³-hybridized carbons (Fsp3) is 0.133. The molecule has 0 aliphatic carbocycles. The van der Waals surface area contributed by atoms with Crippen molar-refractivity contribution in [1.29, 1.82) is 0 Å². The van der Waals surface area contributed by atoms with Crippen LogP contribution in [0, 0.1) is 13.8 Å². The van der Waals surface area contributed by atoms with Crippen molar-refractivity contribution in [1.82, 2.24) is 10.3 Å². The molecule has 0 bridgehead atoms. The lowest BCUT2D eigenvalue weighted by Gasteiger charge is -2.04. The minimum atomic E-state index is -0.213. The molecule has 0 saturated carbocycles. The van der Waals surface area contributed by atoms with Crippen molar-refractivity contribution in [3.63, 3.8) is 0 Å². The van der Waals surface area contributed by atoms with E-state index in [1.165, 1.54) is 6.20 Å². The predicted octanol–water partition coefficient (Wildman–Crippen LogP) is 3.06. The van der Waals surface area contributed by atoms with E-state index in [2.05, 4.69) is 20.3 Å². The zero-order valence-electron chi connectivity index (χ0n) is 11.3. The van der Waals surface area contributed by atoms with E-state index in [0.717, 1.165) is 11.3 Å². The molecule has 1 amide bonds. The number of amides is 1. The van der Waals surface area contributed by atoms with Crippen LogP contribution in [0.5, 0.6) is 0 Å². The number of benzene rings is 1. The molecule has 5 nitrogen and oxygen atoms in total. The first-order valence-electron chi connectivity index (χ1n) is 6.16. The topological polar surface area (TPSA) is 68.0 Å². The minimum Gasteiger partial charge on any atom is -0.322 e. The number of aromatic nitrogens is 2. The summed E-state index contributed by atoms with van der Waals surface area (Å²) in [5, 5.41) is 10.1. The van der Waals surface area contributed by atoms with Crippen LogP contribution in [0.15, 0.2) is 53.3 Å². The normalized spacial score (nSPS) is 9.70. The Morgan fingerprint density at radius 3 is 2.65 bits per heavy atom. The van der Waals surface area contributed by atoms with Gasteiger partial charge in [-0.25, -0.2) is 4.63 Å². The lowest BCUT2D eigenvalue weighted by Crippen LogP contribution is -2.11. The molecule has 1 aromatic heterocycles. The van der Waals surface area contributed by atoms with Crippen molar-refractivity contribution in [2.24, 2.45) is 0 Å². The molecule has 1 N–H and O–H groups in total. The van der Waals surface area contributed by atoms with Gasteiger partial charge in [-0.2, -0.15) is 0 Å². The maximum atomic E-state index is 12.2. The Labute approximate surface area is 116 Å². The minimum absolute atomic E-state index is 0.213. The first-order valence-corrected chi connectivity index (χ1v) is 6.16. The smallest absolute Gasteiger partial charge is 0.255 e.